The van der Waals surface area contributed by atoms with Crippen molar-refractivity contribution in [3.63, 3.8) is 0 Å². The first-order valence-corrected chi connectivity index (χ1v) is 5.51. The fourth-order valence-electron chi connectivity index (χ4n) is 2.27. The van der Waals surface area contributed by atoms with Gasteiger partial charge < -0.3 is 5.73 Å². The third-order valence-corrected chi connectivity index (χ3v) is 2.98. The molecule has 0 bridgehead atoms. The summed E-state index contributed by atoms with van der Waals surface area (Å²) in [5.41, 5.74) is 6.13. The molecule has 80 valence electrons. The van der Waals surface area contributed by atoms with Crippen molar-refractivity contribution < 1.29 is 0 Å². The molecular formula is C12H22N2. The Labute approximate surface area is 87.5 Å². The minimum atomic E-state index is 0.337. The Morgan fingerprint density at radius 2 is 1.71 bits per heavy atom. The molecule has 0 aromatic rings. The lowest BCUT2D eigenvalue weighted by molar-refractivity contribution is 0.167. The average molecular weight is 194 g/mol. The van der Waals surface area contributed by atoms with Crippen LogP contribution in [0, 0.1) is 0 Å². The zero-order valence-corrected chi connectivity index (χ0v) is 8.99. The summed E-state index contributed by atoms with van der Waals surface area (Å²) in [4.78, 5) is 2.38. The van der Waals surface area contributed by atoms with Crippen LogP contribution in [0.15, 0.2) is 25.3 Å². The van der Waals surface area contributed by atoms with E-state index in [9.17, 15) is 0 Å². The quantitative estimate of drug-likeness (QED) is 0.678. The van der Waals surface area contributed by atoms with Crippen LogP contribution in [0.3, 0.4) is 0 Å². The van der Waals surface area contributed by atoms with Crippen LogP contribution in [0.5, 0.6) is 0 Å². The van der Waals surface area contributed by atoms with Gasteiger partial charge in [-0.15, -0.1) is 13.2 Å². The maximum absolute atomic E-state index is 6.13. The molecule has 1 saturated carbocycles. The van der Waals surface area contributed by atoms with Crippen LogP contribution in [-0.2, 0) is 0 Å². The van der Waals surface area contributed by atoms with Gasteiger partial charge in [0.1, 0.15) is 0 Å². The van der Waals surface area contributed by atoms with E-state index >= 15 is 0 Å². The predicted molar refractivity (Wildman–Crippen MR) is 62.2 cm³/mol. The summed E-state index contributed by atoms with van der Waals surface area (Å²) in [6.07, 6.45) is 8.88. The SMILES string of the molecule is C=CCN(CC=C)[C@H]1CCCC[C@@H]1N. The molecule has 0 heterocycles. The summed E-state index contributed by atoms with van der Waals surface area (Å²) in [6, 6.07) is 0.864. The lowest BCUT2D eigenvalue weighted by Gasteiger charge is -2.37. The van der Waals surface area contributed by atoms with Crippen LogP contribution in [-0.4, -0.2) is 30.1 Å². The molecule has 2 N–H and O–H groups in total. The van der Waals surface area contributed by atoms with Gasteiger partial charge in [0.15, 0.2) is 0 Å². The Bertz CT molecular complexity index is 179. The largest absolute Gasteiger partial charge is 0.326 e. The first-order valence-electron chi connectivity index (χ1n) is 5.51. The Balaban J connectivity index is 2.54. The zero-order chi connectivity index (χ0) is 10.4. The normalized spacial score (nSPS) is 27.6. The van der Waals surface area contributed by atoms with Crippen LogP contribution < -0.4 is 5.73 Å². The molecule has 0 amide bonds. The summed E-state index contributed by atoms with van der Waals surface area (Å²) < 4.78 is 0. The Morgan fingerprint density at radius 3 is 2.21 bits per heavy atom. The van der Waals surface area contributed by atoms with Gasteiger partial charge in [-0.1, -0.05) is 25.0 Å². The van der Waals surface area contributed by atoms with Crippen molar-refractivity contribution >= 4 is 0 Å². The van der Waals surface area contributed by atoms with Crippen LogP contribution in [0.25, 0.3) is 0 Å². The van der Waals surface area contributed by atoms with E-state index < -0.39 is 0 Å². The third kappa shape index (κ3) is 2.96. The first-order chi connectivity index (χ1) is 6.79. The van der Waals surface area contributed by atoms with Gasteiger partial charge in [0.05, 0.1) is 0 Å². The van der Waals surface area contributed by atoms with E-state index in [0.717, 1.165) is 19.5 Å². The molecule has 2 atom stereocenters. The second-order valence-corrected chi connectivity index (χ2v) is 4.05. The molecule has 0 radical (unpaired) electrons. The number of hydrogen-bond acceptors (Lipinski definition) is 2. The van der Waals surface area contributed by atoms with Crippen molar-refractivity contribution in [3.8, 4) is 0 Å². The summed E-state index contributed by atoms with van der Waals surface area (Å²) in [5, 5.41) is 0. The monoisotopic (exact) mass is 194 g/mol. The topological polar surface area (TPSA) is 29.3 Å². The minimum Gasteiger partial charge on any atom is -0.326 e. The van der Waals surface area contributed by atoms with Crippen LogP contribution in [0.4, 0.5) is 0 Å². The van der Waals surface area contributed by atoms with Crippen molar-refractivity contribution in [1.82, 2.24) is 4.90 Å². The highest BCUT2D eigenvalue weighted by Gasteiger charge is 2.25. The van der Waals surface area contributed by atoms with Crippen LogP contribution in [0.1, 0.15) is 25.7 Å². The molecule has 2 nitrogen and oxygen atoms in total. The van der Waals surface area contributed by atoms with Gasteiger partial charge in [-0.3, -0.25) is 4.90 Å². The third-order valence-electron chi connectivity index (χ3n) is 2.98. The van der Waals surface area contributed by atoms with Crippen molar-refractivity contribution in [2.45, 2.75) is 37.8 Å². The zero-order valence-electron chi connectivity index (χ0n) is 8.99. The minimum absolute atomic E-state index is 0.337. The molecule has 0 unspecified atom stereocenters. The number of nitrogens with zero attached hydrogens (tertiary/aromatic N) is 1. The van der Waals surface area contributed by atoms with Gasteiger partial charge in [-0.05, 0) is 12.8 Å². The van der Waals surface area contributed by atoms with Crippen molar-refractivity contribution in [1.29, 1.82) is 0 Å². The van der Waals surface area contributed by atoms with Gasteiger partial charge in [-0.25, -0.2) is 0 Å². The molecule has 1 aliphatic rings. The lowest BCUT2D eigenvalue weighted by Crippen LogP contribution is -2.49. The predicted octanol–water partition coefficient (Wildman–Crippen LogP) is 1.93. The molecule has 1 aliphatic carbocycles. The maximum Gasteiger partial charge on any atom is 0.0253 e. The highest BCUT2D eigenvalue weighted by Crippen LogP contribution is 2.21. The fraction of sp³-hybridized carbons (Fsp3) is 0.667. The summed E-state index contributed by atoms with van der Waals surface area (Å²) >= 11 is 0. The van der Waals surface area contributed by atoms with Gasteiger partial charge >= 0.3 is 0 Å². The summed E-state index contributed by atoms with van der Waals surface area (Å²) in [5.74, 6) is 0. The Kier molecular flexibility index (Phi) is 4.91. The summed E-state index contributed by atoms with van der Waals surface area (Å²) in [7, 11) is 0. The van der Waals surface area contributed by atoms with Gasteiger partial charge in [-0.2, -0.15) is 0 Å². The van der Waals surface area contributed by atoms with E-state index in [1.165, 1.54) is 19.3 Å². The van der Waals surface area contributed by atoms with Gasteiger partial charge in [0, 0.05) is 25.2 Å². The number of nitrogens with two attached hydrogens (primary N) is 1. The van der Waals surface area contributed by atoms with Crippen molar-refractivity contribution in [2.24, 2.45) is 5.73 Å². The Hall–Kier alpha value is -0.600. The number of rotatable bonds is 5. The molecule has 0 aliphatic heterocycles. The fourth-order valence-corrected chi connectivity index (χ4v) is 2.27. The van der Waals surface area contributed by atoms with Gasteiger partial charge in [0.25, 0.3) is 0 Å². The van der Waals surface area contributed by atoms with Gasteiger partial charge in [0.2, 0.25) is 0 Å². The van der Waals surface area contributed by atoms with E-state index in [2.05, 4.69) is 18.1 Å². The number of hydrogen-bond donors (Lipinski definition) is 1. The van der Waals surface area contributed by atoms with Crippen LogP contribution >= 0.6 is 0 Å². The average Bonchev–Trinajstić information content (AvgIpc) is 2.18. The van der Waals surface area contributed by atoms with E-state index in [1.54, 1.807) is 0 Å². The van der Waals surface area contributed by atoms with E-state index in [4.69, 9.17) is 5.73 Å². The molecule has 1 fully saturated rings. The highest BCUT2D eigenvalue weighted by atomic mass is 15.2. The molecule has 0 aromatic carbocycles. The lowest BCUT2D eigenvalue weighted by atomic mass is 9.90. The molecular weight excluding hydrogens is 172 g/mol. The maximum atomic E-state index is 6.13. The summed E-state index contributed by atoms with van der Waals surface area (Å²) in [6.45, 7) is 9.41. The van der Waals surface area contributed by atoms with E-state index in [-0.39, 0.29) is 0 Å². The molecule has 0 aromatic heterocycles. The smallest absolute Gasteiger partial charge is 0.0253 e. The second-order valence-electron chi connectivity index (χ2n) is 4.05. The van der Waals surface area contributed by atoms with Crippen LogP contribution in [0.2, 0.25) is 0 Å². The molecule has 0 spiro atoms. The molecule has 0 saturated heterocycles. The van der Waals surface area contributed by atoms with E-state index in [0.29, 0.717) is 12.1 Å². The molecule has 2 heteroatoms. The highest BCUT2D eigenvalue weighted by molar-refractivity contribution is 4.91. The Morgan fingerprint density at radius 1 is 1.14 bits per heavy atom. The molecule has 1 rings (SSSR count). The van der Waals surface area contributed by atoms with E-state index in [1.807, 2.05) is 12.2 Å². The first kappa shape index (κ1) is 11.5. The van der Waals surface area contributed by atoms with Crippen molar-refractivity contribution in [3.05, 3.63) is 25.3 Å². The standard InChI is InChI=1S/C12H22N2/c1-3-9-14(10-4-2)12-8-6-5-7-11(12)13/h3-4,11-12H,1-2,5-10,13H2/t11-,12-/m0/s1. The molecule has 14 heavy (non-hydrogen) atoms. The second kappa shape index (κ2) is 5.99. The van der Waals surface area contributed by atoms with Crippen molar-refractivity contribution in [2.75, 3.05) is 13.1 Å².